The van der Waals surface area contributed by atoms with Gasteiger partial charge in [-0.25, -0.2) is 0 Å². The molecule has 0 aromatic carbocycles. The van der Waals surface area contributed by atoms with Crippen LogP contribution in [-0.4, -0.2) is 24.4 Å². The average molecular weight is 294 g/mol. The lowest BCUT2D eigenvalue weighted by molar-refractivity contribution is 0.0955. The molecular weight excluding hydrogens is 276 g/mol. The van der Waals surface area contributed by atoms with Crippen molar-refractivity contribution in [3.63, 3.8) is 0 Å². The Morgan fingerprint density at radius 1 is 1.45 bits per heavy atom. The van der Waals surface area contributed by atoms with Gasteiger partial charge in [0.1, 0.15) is 9.88 Å². The summed E-state index contributed by atoms with van der Waals surface area (Å²) in [5.41, 5.74) is 12.5. The van der Waals surface area contributed by atoms with Crippen LogP contribution in [0.5, 0.6) is 0 Å². The summed E-state index contributed by atoms with van der Waals surface area (Å²) in [5, 5.41) is 6.40. The third-order valence-corrected chi connectivity index (χ3v) is 4.02. The molecule has 7 heteroatoms. The number of thiophene rings is 1. The molecule has 0 bridgehead atoms. The smallest absolute Gasteiger partial charge is 0.263 e. The first-order chi connectivity index (χ1) is 9.40. The molecule has 1 heterocycles. The van der Waals surface area contributed by atoms with Crippen molar-refractivity contribution < 1.29 is 9.59 Å². The molecule has 20 heavy (non-hydrogen) atoms. The Bertz CT molecular complexity index is 575. The standard InChI is InChI=1S/C13H18N4O2S/c1-6(2)5-16-13-8(11(15)18)9(14)10(20-13)12(19)17-7-3-4-7/h7,16H,1,3-5,14H2,2H3,(H2,15,18)(H,17,19). The Labute approximate surface area is 121 Å². The molecular formula is C13H18N4O2S. The number of nitrogen functional groups attached to an aromatic ring is 1. The van der Waals surface area contributed by atoms with Crippen molar-refractivity contribution in [1.82, 2.24) is 5.32 Å². The van der Waals surface area contributed by atoms with Gasteiger partial charge in [-0.15, -0.1) is 11.3 Å². The number of anilines is 2. The lowest BCUT2D eigenvalue weighted by Gasteiger charge is -2.04. The van der Waals surface area contributed by atoms with Gasteiger partial charge < -0.3 is 22.1 Å². The van der Waals surface area contributed by atoms with Crippen LogP contribution in [0.25, 0.3) is 0 Å². The van der Waals surface area contributed by atoms with Crippen LogP contribution < -0.4 is 22.1 Å². The zero-order chi connectivity index (χ0) is 14.9. The Morgan fingerprint density at radius 3 is 2.60 bits per heavy atom. The molecule has 0 unspecified atom stereocenters. The van der Waals surface area contributed by atoms with Crippen molar-refractivity contribution in [2.45, 2.75) is 25.8 Å². The van der Waals surface area contributed by atoms with E-state index in [4.69, 9.17) is 11.5 Å². The van der Waals surface area contributed by atoms with Gasteiger partial charge in [0.05, 0.1) is 11.3 Å². The fraction of sp³-hybridized carbons (Fsp3) is 0.385. The normalized spacial score (nSPS) is 13.8. The summed E-state index contributed by atoms with van der Waals surface area (Å²) >= 11 is 1.14. The predicted molar refractivity (Wildman–Crippen MR) is 81.0 cm³/mol. The summed E-state index contributed by atoms with van der Waals surface area (Å²) < 4.78 is 0. The Morgan fingerprint density at radius 2 is 2.10 bits per heavy atom. The van der Waals surface area contributed by atoms with E-state index in [0.717, 1.165) is 29.8 Å². The molecule has 1 aromatic rings. The molecule has 1 fully saturated rings. The Kier molecular flexibility index (Phi) is 3.99. The van der Waals surface area contributed by atoms with Gasteiger partial charge in [-0.1, -0.05) is 12.2 Å². The van der Waals surface area contributed by atoms with Gasteiger partial charge in [0.15, 0.2) is 0 Å². The van der Waals surface area contributed by atoms with E-state index < -0.39 is 5.91 Å². The minimum atomic E-state index is -0.645. The molecule has 0 atom stereocenters. The van der Waals surface area contributed by atoms with Gasteiger partial charge in [0.25, 0.3) is 11.8 Å². The number of hydrogen-bond donors (Lipinski definition) is 4. The van der Waals surface area contributed by atoms with E-state index in [9.17, 15) is 9.59 Å². The monoisotopic (exact) mass is 294 g/mol. The van der Waals surface area contributed by atoms with Gasteiger partial charge in [0, 0.05) is 12.6 Å². The number of nitrogens with one attached hydrogen (secondary N) is 2. The second kappa shape index (κ2) is 5.54. The van der Waals surface area contributed by atoms with Gasteiger partial charge in [-0.3, -0.25) is 9.59 Å². The summed E-state index contributed by atoms with van der Waals surface area (Å²) in [5.74, 6) is -0.894. The highest BCUT2D eigenvalue weighted by atomic mass is 32.1. The van der Waals surface area contributed by atoms with Crippen LogP contribution in [0, 0.1) is 0 Å². The van der Waals surface area contributed by atoms with E-state index in [1.54, 1.807) is 0 Å². The lowest BCUT2D eigenvalue weighted by atomic mass is 10.2. The van der Waals surface area contributed by atoms with Gasteiger partial charge >= 0.3 is 0 Å². The summed E-state index contributed by atoms with van der Waals surface area (Å²) in [6.45, 7) is 6.12. The molecule has 2 amide bonds. The van der Waals surface area contributed by atoms with Crippen LogP contribution in [0.2, 0.25) is 0 Å². The average Bonchev–Trinajstić information content (AvgIpc) is 3.08. The van der Waals surface area contributed by atoms with E-state index >= 15 is 0 Å². The minimum absolute atomic E-state index is 0.143. The largest absolute Gasteiger partial charge is 0.397 e. The maximum absolute atomic E-state index is 12.1. The molecule has 0 saturated heterocycles. The van der Waals surface area contributed by atoms with Crippen LogP contribution in [-0.2, 0) is 0 Å². The molecule has 0 aliphatic heterocycles. The SMILES string of the molecule is C=C(C)CNc1sc(C(=O)NC2CC2)c(N)c1C(N)=O. The van der Waals surface area contributed by atoms with Crippen LogP contribution >= 0.6 is 11.3 Å². The Hall–Kier alpha value is -2.02. The first kappa shape index (κ1) is 14.4. The van der Waals surface area contributed by atoms with E-state index in [-0.39, 0.29) is 23.2 Å². The molecule has 1 aromatic heterocycles. The number of amides is 2. The van der Waals surface area contributed by atoms with Crippen molar-refractivity contribution in [2.24, 2.45) is 5.73 Å². The zero-order valence-electron chi connectivity index (χ0n) is 11.3. The maximum atomic E-state index is 12.1. The number of carbonyl (C=O) groups excluding carboxylic acids is 2. The highest BCUT2D eigenvalue weighted by molar-refractivity contribution is 7.19. The van der Waals surface area contributed by atoms with E-state index in [2.05, 4.69) is 17.2 Å². The maximum Gasteiger partial charge on any atom is 0.263 e. The number of rotatable bonds is 6. The number of nitrogens with two attached hydrogens (primary N) is 2. The van der Waals surface area contributed by atoms with E-state index in [1.165, 1.54) is 0 Å². The van der Waals surface area contributed by atoms with Crippen molar-refractivity contribution in [1.29, 1.82) is 0 Å². The van der Waals surface area contributed by atoms with Crippen molar-refractivity contribution >= 4 is 33.8 Å². The van der Waals surface area contributed by atoms with Crippen LogP contribution in [0.15, 0.2) is 12.2 Å². The summed E-state index contributed by atoms with van der Waals surface area (Å²) in [6.07, 6.45) is 1.97. The first-order valence-electron chi connectivity index (χ1n) is 6.31. The zero-order valence-corrected chi connectivity index (χ0v) is 12.1. The summed E-state index contributed by atoms with van der Waals surface area (Å²) in [4.78, 5) is 23.9. The van der Waals surface area contributed by atoms with Crippen molar-refractivity contribution in [2.75, 3.05) is 17.6 Å². The number of hydrogen-bond acceptors (Lipinski definition) is 5. The highest BCUT2D eigenvalue weighted by Gasteiger charge is 2.28. The van der Waals surface area contributed by atoms with E-state index in [0.29, 0.717) is 16.4 Å². The van der Waals surface area contributed by atoms with Gasteiger partial charge in [0.2, 0.25) is 0 Å². The molecule has 108 valence electrons. The fourth-order valence-corrected chi connectivity index (χ4v) is 2.72. The van der Waals surface area contributed by atoms with Crippen LogP contribution in [0.4, 0.5) is 10.7 Å². The fourth-order valence-electron chi connectivity index (χ4n) is 1.69. The first-order valence-corrected chi connectivity index (χ1v) is 7.13. The molecule has 2 rings (SSSR count). The molecule has 0 spiro atoms. The molecule has 6 nitrogen and oxygen atoms in total. The minimum Gasteiger partial charge on any atom is -0.397 e. The van der Waals surface area contributed by atoms with Crippen LogP contribution in [0.3, 0.4) is 0 Å². The number of primary amides is 1. The van der Waals surface area contributed by atoms with Crippen molar-refractivity contribution in [3.05, 3.63) is 22.6 Å². The van der Waals surface area contributed by atoms with E-state index in [1.807, 2.05) is 6.92 Å². The third kappa shape index (κ3) is 3.11. The Balaban J connectivity index is 2.27. The van der Waals surface area contributed by atoms with Crippen molar-refractivity contribution in [3.8, 4) is 0 Å². The molecule has 6 N–H and O–H groups in total. The number of carbonyl (C=O) groups is 2. The second-order valence-electron chi connectivity index (χ2n) is 4.97. The third-order valence-electron chi connectivity index (χ3n) is 2.86. The summed E-state index contributed by atoms with van der Waals surface area (Å²) in [6, 6.07) is 0.229. The second-order valence-corrected chi connectivity index (χ2v) is 5.99. The molecule has 1 aliphatic carbocycles. The molecule has 1 saturated carbocycles. The topological polar surface area (TPSA) is 110 Å². The van der Waals surface area contributed by atoms with Crippen LogP contribution in [0.1, 0.15) is 39.8 Å². The molecule has 0 radical (unpaired) electrons. The summed E-state index contributed by atoms with van der Waals surface area (Å²) in [7, 11) is 0. The molecule has 1 aliphatic rings. The lowest BCUT2D eigenvalue weighted by Crippen LogP contribution is -2.25. The van der Waals surface area contributed by atoms with Gasteiger partial charge in [-0.2, -0.15) is 0 Å². The predicted octanol–water partition coefficient (Wildman–Crippen LogP) is 1.31. The quantitative estimate of drug-likeness (QED) is 0.593. The van der Waals surface area contributed by atoms with Gasteiger partial charge in [-0.05, 0) is 19.8 Å². The highest BCUT2D eigenvalue weighted by Crippen LogP contribution is 2.36.